The van der Waals surface area contributed by atoms with Gasteiger partial charge in [0.2, 0.25) is 0 Å². The van der Waals surface area contributed by atoms with Gasteiger partial charge in [0.25, 0.3) is 0 Å². The van der Waals surface area contributed by atoms with Crippen molar-refractivity contribution >= 4 is 5.97 Å². The lowest BCUT2D eigenvalue weighted by Gasteiger charge is -2.55. The zero-order valence-electron chi connectivity index (χ0n) is 7.40. The van der Waals surface area contributed by atoms with Crippen LogP contribution < -0.4 is 0 Å². The van der Waals surface area contributed by atoms with Gasteiger partial charge in [0, 0.05) is 13.1 Å². The molecule has 0 aromatic rings. The van der Waals surface area contributed by atoms with Crippen molar-refractivity contribution in [2.45, 2.75) is 25.0 Å². The summed E-state index contributed by atoms with van der Waals surface area (Å²) in [4.78, 5) is 13.2. The second-order valence-corrected chi connectivity index (χ2v) is 4.45. The number of fused-ring (bicyclic) bond motifs is 1. The number of morpholine rings is 1. The molecule has 3 rings (SSSR count). The Bertz CT molecular complexity index is 262. The summed E-state index contributed by atoms with van der Waals surface area (Å²) >= 11 is 0. The fourth-order valence-corrected chi connectivity index (χ4v) is 2.22. The minimum absolute atomic E-state index is 0.388. The van der Waals surface area contributed by atoms with Gasteiger partial charge in [-0.2, -0.15) is 0 Å². The highest BCUT2D eigenvalue weighted by Gasteiger charge is 2.56. The second kappa shape index (κ2) is 2.25. The molecule has 2 atom stereocenters. The third kappa shape index (κ3) is 0.957. The van der Waals surface area contributed by atoms with Crippen molar-refractivity contribution in [1.29, 1.82) is 0 Å². The van der Waals surface area contributed by atoms with Crippen molar-refractivity contribution < 1.29 is 14.6 Å². The van der Waals surface area contributed by atoms with E-state index in [-0.39, 0.29) is 5.41 Å². The molecule has 1 aliphatic carbocycles. The molecule has 0 bridgehead atoms. The molecule has 0 spiro atoms. The first-order chi connectivity index (χ1) is 6.21. The Morgan fingerprint density at radius 2 is 2.38 bits per heavy atom. The number of nitrogens with zero attached hydrogens (tertiary/aromatic N) is 1. The highest BCUT2D eigenvalue weighted by Crippen LogP contribution is 2.48. The standard InChI is InChI=1S/C9H13NO3/c11-8(12)9(1-2-9)5-10-3-7-6(10)4-13-7/h6-7H,1-5H2,(H,11,12)/t6-,7?/m1/s1. The molecule has 0 aromatic heterocycles. The maximum Gasteiger partial charge on any atom is 0.310 e. The summed E-state index contributed by atoms with van der Waals surface area (Å²) in [5.74, 6) is -0.615. The molecule has 1 N–H and O–H groups in total. The number of ether oxygens (including phenoxy) is 1. The Hall–Kier alpha value is -0.610. The van der Waals surface area contributed by atoms with Gasteiger partial charge in [-0.1, -0.05) is 0 Å². The first kappa shape index (κ1) is 7.76. The van der Waals surface area contributed by atoms with Crippen LogP contribution in [-0.2, 0) is 9.53 Å². The first-order valence-electron chi connectivity index (χ1n) is 4.80. The van der Waals surface area contributed by atoms with Crippen molar-refractivity contribution in [2.75, 3.05) is 19.7 Å². The van der Waals surface area contributed by atoms with E-state index in [9.17, 15) is 4.79 Å². The lowest BCUT2D eigenvalue weighted by Crippen LogP contribution is -2.71. The van der Waals surface area contributed by atoms with E-state index in [2.05, 4.69) is 4.90 Å². The molecule has 0 radical (unpaired) electrons. The monoisotopic (exact) mass is 183 g/mol. The summed E-state index contributed by atoms with van der Waals surface area (Å²) in [5.41, 5.74) is -0.388. The van der Waals surface area contributed by atoms with Gasteiger partial charge < -0.3 is 9.84 Å². The number of carboxylic acid groups (broad SMARTS) is 1. The van der Waals surface area contributed by atoms with Crippen molar-refractivity contribution in [3.63, 3.8) is 0 Å². The van der Waals surface area contributed by atoms with Gasteiger partial charge in [-0.05, 0) is 12.8 Å². The van der Waals surface area contributed by atoms with E-state index in [1.165, 1.54) is 0 Å². The van der Waals surface area contributed by atoms with Crippen LogP contribution in [0.15, 0.2) is 0 Å². The van der Waals surface area contributed by atoms with Gasteiger partial charge in [-0.25, -0.2) is 0 Å². The van der Waals surface area contributed by atoms with Crippen LogP contribution in [0, 0.1) is 5.41 Å². The molecule has 0 aromatic carbocycles. The molecule has 2 heterocycles. The maximum absolute atomic E-state index is 10.9. The van der Waals surface area contributed by atoms with Crippen LogP contribution in [0.4, 0.5) is 0 Å². The van der Waals surface area contributed by atoms with E-state index in [1.54, 1.807) is 0 Å². The maximum atomic E-state index is 10.9. The average molecular weight is 183 g/mol. The van der Waals surface area contributed by atoms with Gasteiger partial charge >= 0.3 is 5.97 Å². The topological polar surface area (TPSA) is 49.8 Å². The lowest BCUT2D eigenvalue weighted by molar-refractivity contribution is -0.219. The number of rotatable bonds is 3. The molecule has 2 aliphatic heterocycles. The van der Waals surface area contributed by atoms with Crippen molar-refractivity contribution in [1.82, 2.24) is 4.90 Å². The number of hydrogen-bond acceptors (Lipinski definition) is 3. The summed E-state index contributed by atoms with van der Waals surface area (Å²) in [5, 5.41) is 8.98. The van der Waals surface area contributed by atoms with Crippen molar-refractivity contribution in [3.8, 4) is 0 Å². The Balaban J connectivity index is 1.61. The van der Waals surface area contributed by atoms with Gasteiger partial charge in [0.1, 0.15) is 0 Å². The molecule has 4 nitrogen and oxygen atoms in total. The molecule has 1 unspecified atom stereocenters. The Morgan fingerprint density at radius 1 is 1.62 bits per heavy atom. The fraction of sp³-hybridized carbons (Fsp3) is 0.889. The van der Waals surface area contributed by atoms with E-state index in [0.29, 0.717) is 12.1 Å². The van der Waals surface area contributed by atoms with E-state index in [1.807, 2.05) is 0 Å². The number of aliphatic carboxylic acids is 1. The van der Waals surface area contributed by atoms with Crippen LogP contribution in [0.25, 0.3) is 0 Å². The molecule has 0 amide bonds. The Kier molecular flexibility index (Phi) is 1.34. The molecule has 1 saturated carbocycles. The predicted octanol–water partition coefficient (Wildman–Crippen LogP) is -0.0658. The lowest BCUT2D eigenvalue weighted by atomic mass is 9.92. The normalized spacial score (nSPS) is 40.0. The summed E-state index contributed by atoms with van der Waals surface area (Å²) < 4.78 is 5.27. The largest absolute Gasteiger partial charge is 0.481 e. The third-order valence-corrected chi connectivity index (χ3v) is 3.61. The zero-order chi connectivity index (χ0) is 9.05. The van der Waals surface area contributed by atoms with Gasteiger partial charge in [0.15, 0.2) is 0 Å². The SMILES string of the molecule is O=C(O)C1(CN2CC3OC[C@H]32)CC1. The Morgan fingerprint density at radius 3 is 2.69 bits per heavy atom. The average Bonchev–Trinajstić information content (AvgIpc) is 2.80. The zero-order valence-corrected chi connectivity index (χ0v) is 7.40. The third-order valence-electron chi connectivity index (χ3n) is 3.61. The fourth-order valence-electron chi connectivity index (χ4n) is 2.22. The van der Waals surface area contributed by atoms with Gasteiger partial charge in [-0.15, -0.1) is 0 Å². The summed E-state index contributed by atoms with van der Waals surface area (Å²) in [6, 6.07) is 0.539. The van der Waals surface area contributed by atoms with Crippen LogP contribution in [-0.4, -0.2) is 47.8 Å². The summed E-state index contributed by atoms with van der Waals surface area (Å²) in [6.07, 6.45) is 2.14. The van der Waals surface area contributed by atoms with Gasteiger partial charge in [0.05, 0.1) is 24.2 Å². The van der Waals surface area contributed by atoms with Crippen LogP contribution in [0.2, 0.25) is 0 Å². The predicted molar refractivity (Wildman–Crippen MR) is 44.4 cm³/mol. The van der Waals surface area contributed by atoms with Crippen LogP contribution in [0.5, 0.6) is 0 Å². The number of likely N-dealkylation sites (tertiary alicyclic amines) is 1. The Labute approximate surface area is 76.5 Å². The number of hydrogen-bond donors (Lipinski definition) is 1. The second-order valence-electron chi connectivity index (χ2n) is 4.45. The smallest absolute Gasteiger partial charge is 0.310 e. The van der Waals surface area contributed by atoms with Crippen LogP contribution >= 0.6 is 0 Å². The van der Waals surface area contributed by atoms with E-state index >= 15 is 0 Å². The van der Waals surface area contributed by atoms with E-state index < -0.39 is 5.97 Å². The summed E-state index contributed by atoms with van der Waals surface area (Å²) in [6.45, 7) is 2.49. The van der Waals surface area contributed by atoms with E-state index in [4.69, 9.17) is 9.84 Å². The molecule has 3 aliphatic rings. The molecule has 4 heteroatoms. The number of carbonyl (C=O) groups is 1. The molecule has 13 heavy (non-hydrogen) atoms. The van der Waals surface area contributed by atoms with Crippen molar-refractivity contribution in [2.24, 2.45) is 5.41 Å². The highest BCUT2D eigenvalue weighted by molar-refractivity contribution is 5.78. The van der Waals surface area contributed by atoms with Crippen LogP contribution in [0.3, 0.4) is 0 Å². The molecule has 2 saturated heterocycles. The minimum Gasteiger partial charge on any atom is -0.481 e. The number of carboxylic acids is 1. The minimum atomic E-state index is -0.615. The first-order valence-corrected chi connectivity index (χ1v) is 4.80. The van der Waals surface area contributed by atoms with E-state index in [0.717, 1.165) is 32.5 Å². The quantitative estimate of drug-likeness (QED) is 0.665. The summed E-state index contributed by atoms with van der Waals surface area (Å²) in [7, 11) is 0. The molecule has 72 valence electrons. The highest BCUT2D eigenvalue weighted by atomic mass is 16.5. The molecule has 3 fully saturated rings. The molecular formula is C9H13NO3. The van der Waals surface area contributed by atoms with Crippen LogP contribution in [0.1, 0.15) is 12.8 Å². The molecular weight excluding hydrogens is 170 g/mol. The van der Waals surface area contributed by atoms with Crippen molar-refractivity contribution in [3.05, 3.63) is 0 Å². The van der Waals surface area contributed by atoms with Gasteiger partial charge in [-0.3, -0.25) is 9.69 Å².